The Bertz CT molecular complexity index is 391. The van der Waals surface area contributed by atoms with E-state index in [-0.39, 0.29) is 6.10 Å². The fraction of sp³-hybridized carbons (Fsp3) is 0.429. The van der Waals surface area contributed by atoms with Gasteiger partial charge in [-0.3, -0.25) is 0 Å². The SMILES string of the molecule is CC#CCCC(O)C1Cc2ccccc2S1. The lowest BCUT2D eigenvalue weighted by molar-refractivity contribution is 0.163. The van der Waals surface area contributed by atoms with Crippen LogP contribution < -0.4 is 0 Å². The third-order valence-electron chi connectivity index (χ3n) is 2.84. The molecule has 16 heavy (non-hydrogen) atoms. The highest BCUT2D eigenvalue weighted by molar-refractivity contribution is 8.00. The maximum atomic E-state index is 10.1. The van der Waals surface area contributed by atoms with Crippen LogP contribution >= 0.6 is 11.8 Å². The second kappa shape index (κ2) is 5.43. The van der Waals surface area contributed by atoms with Crippen molar-refractivity contribution in [3.63, 3.8) is 0 Å². The summed E-state index contributed by atoms with van der Waals surface area (Å²) in [5.74, 6) is 5.87. The van der Waals surface area contributed by atoms with Crippen molar-refractivity contribution in [1.29, 1.82) is 0 Å². The molecule has 0 bridgehead atoms. The summed E-state index contributed by atoms with van der Waals surface area (Å²) in [5.41, 5.74) is 1.37. The molecule has 0 radical (unpaired) electrons. The van der Waals surface area contributed by atoms with Crippen LogP contribution in [0.2, 0.25) is 0 Å². The fourth-order valence-electron chi connectivity index (χ4n) is 1.95. The minimum atomic E-state index is -0.238. The molecule has 1 aliphatic heterocycles. The van der Waals surface area contributed by atoms with E-state index in [1.165, 1.54) is 10.5 Å². The fourth-order valence-corrected chi connectivity index (χ4v) is 3.30. The topological polar surface area (TPSA) is 20.2 Å². The number of thioether (sulfide) groups is 1. The molecule has 1 aliphatic rings. The van der Waals surface area contributed by atoms with Crippen LogP contribution in [0.25, 0.3) is 0 Å². The van der Waals surface area contributed by atoms with Gasteiger partial charge in [-0.05, 0) is 31.4 Å². The number of hydrogen-bond donors (Lipinski definition) is 1. The summed E-state index contributed by atoms with van der Waals surface area (Å²) >= 11 is 1.80. The van der Waals surface area contributed by atoms with E-state index in [2.05, 4.69) is 36.1 Å². The molecule has 1 N–H and O–H groups in total. The van der Waals surface area contributed by atoms with Crippen LogP contribution in [0.4, 0.5) is 0 Å². The van der Waals surface area contributed by atoms with Gasteiger partial charge >= 0.3 is 0 Å². The highest BCUT2D eigenvalue weighted by Gasteiger charge is 2.27. The molecular weight excluding hydrogens is 216 g/mol. The van der Waals surface area contributed by atoms with Gasteiger partial charge in [0, 0.05) is 16.6 Å². The lowest BCUT2D eigenvalue weighted by Gasteiger charge is -2.15. The van der Waals surface area contributed by atoms with Crippen LogP contribution in [0.1, 0.15) is 25.3 Å². The Morgan fingerprint density at radius 2 is 2.31 bits per heavy atom. The van der Waals surface area contributed by atoms with Crippen molar-refractivity contribution >= 4 is 11.8 Å². The Kier molecular flexibility index (Phi) is 3.93. The highest BCUT2D eigenvalue weighted by Crippen LogP contribution is 2.38. The lowest BCUT2D eigenvalue weighted by Crippen LogP contribution is -2.22. The monoisotopic (exact) mass is 232 g/mol. The number of aliphatic hydroxyl groups excluding tert-OH is 1. The van der Waals surface area contributed by atoms with Gasteiger partial charge in [0.1, 0.15) is 0 Å². The van der Waals surface area contributed by atoms with Crippen molar-refractivity contribution in [2.45, 2.75) is 42.4 Å². The molecule has 84 valence electrons. The molecule has 0 saturated heterocycles. The molecule has 1 nitrogen and oxygen atoms in total. The van der Waals surface area contributed by atoms with Gasteiger partial charge in [0.05, 0.1) is 6.10 Å². The highest BCUT2D eigenvalue weighted by atomic mass is 32.2. The first-order valence-electron chi connectivity index (χ1n) is 5.63. The molecule has 2 atom stereocenters. The van der Waals surface area contributed by atoms with Gasteiger partial charge < -0.3 is 5.11 Å². The predicted molar refractivity (Wildman–Crippen MR) is 68.5 cm³/mol. The van der Waals surface area contributed by atoms with E-state index in [4.69, 9.17) is 0 Å². The maximum Gasteiger partial charge on any atom is 0.0674 e. The molecule has 0 saturated carbocycles. The number of benzene rings is 1. The van der Waals surface area contributed by atoms with Crippen molar-refractivity contribution in [3.05, 3.63) is 29.8 Å². The molecule has 0 aliphatic carbocycles. The van der Waals surface area contributed by atoms with Crippen molar-refractivity contribution in [1.82, 2.24) is 0 Å². The summed E-state index contributed by atoms with van der Waals surface area (Å²) in [6, 6.07) is 8.42. The molecule has 0 fully saturated rings. The maximum absolute atomic E-state index is 10.1. The second-order valence-corrected chi connectivity index (χ2v) is 5.28. The summed E-state index contributed by atoms with van der Waals surface area (Å²) in [6.45, 7) is 1.84. The Morgan fingerprint density at radius 3 is 3.06 bits per heavy atom. The second-order valence-electron chi connectivity index (χ2n) is 4.00. The van der Waals surface area contributed by atoms with Crippen LogP contribution in [0.15, 0.2) is 29.2 Å². The average Bonchev–Trinajstić information content (AvgIpc) is 2.73. The zero-order valence-electron chi connectivity index (χ0n) is 9.44. The van der Waals surface area contributed by atoms with Crippen LogP contribution in [0, 0.1) is 11.8 Å². The minimum Gasteiger partial charge on any atom is -0.392 e. The van der Waals surface area contributed by atoms with Gasteiger partial charge in [-0.1, -0.05) is 18.2 Å². The van der Waals surface area contributed by atoms with Gasteiger partial charge in [-0.2, -0.15) is 0 Å². The summed E-state index contributed by atoms with van der Waals surface area (Å²) in [6.07, 6.45) is 2.33. The van der Waals surface area contributed by atoms with Crippen LogP contribution in [-0.2, 0) is 6.42 Å². The van der Waals surface area contributed by atoms with E-state index in [1.54, 1.807) is 11.8 Å². The van der Waals surface area contributed by atoms with E-state index in [9.17, 15) is 5.11 Å². The van der Waals surface area contributed by atoms with Gasteiger partial charge in [0.25, 0.3) is 0 Å². The third-order valence-corrected chi connectivity index (χ3v) is 4.28. The molecule has 2 rings (SSSR count). The molecular formula is C14H16OS. The summed E-state index contributed by atoms with van der Waals surface area (Å²) in [7, 11) is 0. The van der Waals surface area contributed by atoms with Gasteiger partial charge in [0.2, 0.25) is 0 Å². The van der Waals surface area contributed by atoms with E-state index < -0.39 is 0 Å². The van der Waals surface area contributed by atoms with Crippen molar-refractivity contribution in [2.75, 3.05) is 0 Å². The van der Waals surface area contributed by atoms with Gasteiger partial charge in [-0.15, -0.1) is 23.6 Å². The molecule has 0 spiro atoms. The lowest BCUT2D eigenvalue weighted by atomic mass is 10.0. The molecule has 1 aromatic rings. The first-order chi connectivity index (χ1) is 7.81. The Balaban J connectivity index is 1.92. The summed E-state index contributed by atoms with van der Waals surface area (Å²) in [4.78, 5) is 1.33. The van der Waals surface area contributed by atoms with Crippen LogP contribution in [0.5, 0.6) is 0 Å². The first-order valence-corrected chi connectivity index (χ1v) is 6.51. The molecule has 2 heteroatoms. The quantitative estimate of drug-likeness (QED) is 0.809. The Morgan fingerprint density at radius 1 is 1.50 bits per heavy atom. The number of hydrogen-bond acceptors (Lipinski definition) is 2. The molecule has 2 unspecified atom stereocenters. The number of aliphatic hydroxyl groups is 1. The zero-order valence-corrected chi connectivity index (χ0v) is 10.3. The van der Waals surface area contributed by atoms with E-state index in [1.807, 2.05) is 6.92 Å². The number of fused-ring (bicyclic) bond motifs is 1. The molecule has 0 amide bonds. The van der Waals surface area contributed by atoms with E-state index >= 15 is 0 Å². The van der Waals surface area contributed by atoms with E-state index in [0.717, 1.165) is 19.3 Å². The molecule has 0 aromatic heterocycles. The van der Waals surface area contributed by atoms with Gasteiger partial charge in [0.15, 0.2) is 0 Å². The number of rotatable bonds is 3. The van der Waals surface area contributed by atoms with Crippen molar-refractivity contribution in [2.24, 2.45) is 0 Å². The average molecular weight is 232 g/mol. The standard InChI is InChI=1S/C14H16OS/c1-2-3-4-8-12(15)14-10-11-7-5-6-9-13(11)16-14/h5-7,9,12,14-15H,4,8,10H2,1H3. The van der Waals surface area contributed by atoms with Gasteiger partial charge in [-0.25, -0.2) is 0 Å². The van der Waals surface area contributed by atoms with Crippen LogP contribution in [-0.4, -0.2) is 16.5 Å². The normalized spacial score (nSPS) is 19.8. The largest absolute Gasteiger partial charge is 0.392 e. The zero-order chi connectivity index (χ0) is 11.4. The first kappa shape index (κ1) is 11.6. The molecule has 1 heterocycles. The van der Waals surface area contributed by atoms with E-state index in [0.29, 0.717) is 5.25 Å². The smallest absolute Gasteiger partial charge is 0.0674 e. The summed E-state index contributed by atoms with van der Waals surface area (Å²) < 4.78 is 0. The van der Waals surface area contributed by atoms with Crippen molar-refractivity contribution < 1.29 is 5.11 Å². The third kappa shape index (κ3) is 2.61. The van der Waals surface area contributed by atoms with Crippen molar-refractivity contribution in [3.8, 4) is 11.8 Å². The predicted octanol–water partition coefficient (Wildman–Crippen LogP) is 2.87. The van der Waals surface area contributed by atoms with Crippen LogP contribution in [0.3, 0.4) is 0 Å². The minimum absolute atomic E-state index is 0.238. The Hall–Kier alpha value is -0.910. The Labute approximate surface area is 101 Å². The molecule has 1 aromatic carbocycles. The summed E-state index contributed by atoms with van der Waals surface area (Å²) in [5, 5.41) is 10.4.